The van der Waals surface area contributed by atoms with Gasteiger partial charge in [0.15, 0.2) is 0 Å². The van der Waals surface area contributed by atoms with Crippen LogP contribution >= 0.6 is 11.6 Å². The zero-order chi connectivity index (χ0) is 14.1. The normalized spacial score (nSPS) is 23.7. The van der Waals surface area contributed by atoms with Crippen LogP contribution in [0.4, 0.5) is 13.2 Å². The Morgan fingerprint density at radius 2 is 1.95 bits per heavy atom. The summed E-state index contributed by atoms with van der Waals surface area (Å²) in [6.45, 7) is 3.04. The van der Waals surface area contributed by atoms with Crippen LogP contribution in [0, 0.1) is 5.41 Å². The van der Waals surface area contributed by atoms with E-state index in [1.54, 1.807) is 17.9 Å². The third-order valence-electron chi connectivity index (χ3n) is 3.61. The highest BCUT2D eigenvalue weighted by Gasteiger charge is 2.48. The van der Waals surface area contributed by atoms with Crippen molar-refractivity contribution >= 4 is 16.8 Å². The van der Waals surface area contributed by atoms with E-state index in [2.05, 4.69) is 4.99 Å². The molecule has 0 amide bonds. The molecule has 1 saturated heterocycles. The van der Waals surface area contributed by atoms with Crippen LogP contribution in [0.5, 0.6) is 0 Å². The minimum atomic E-state index is -4.38. The molecule has 1 saturated carbocycles. The number of hydrogen-bond acceptors (Lipinski definition) is 2. The van der Waals surface area contributed by atoms with Gasteiger partial charge in [0, 0.05) is 18.5 Å². The van der Waals surface area contributed by atoms with Gasteiger partial charge in [-0.3, -0.25) is 0 Å². The second-order valence-corrected chi connectivity index (χ2v) is 5.58. The van der Waals surface area contributed by atoms with Gasteiger partial charge in [-0.2, -0.15) is 13.2 Å². The van der Waals surface area contributed by atoms with Gasteiger partial charge in [-0.15, -0.1) is 0 Å². The summed E-state index contributed by atoms with van der Waals surface area (Å²) in [6, 6.07) is 0. The molecule has 0 aromatic carbocycles. The highest BCUT2D eigenvalue weighted by atomic mass is 35.5. The topological polar surface area (TPSA) is 15.6 Å². The fourth-order valence-electron chi connectivity index (χ4n) is 2.54. The number of nitrogens with zero attached hydrogens (tertiary/aromatic N) is 2. The van der Waals surface area contributed by atoms with Crippen molar-refractivity contribution < 1.29 is 13.2 Å². The summed E-state index contributed by atoms with van der Waals surface area (Å²) in [5, 5.41) is 0.0626. The smallest absolute Gasteiger partial charge is 0.355 e. The molecule has 2 nitrogen and oxygen atoms in total. The molecule has 0 N–H and O–H groups in total. The van der Waals surface area contributed by atoms with Crippen molar-refractivity contribution in [1.82, 2.24) is 4.90 Å². The van der Waals surface area contributed by atoms with Gasteiger partial charge in [0.25, 0.3) is 0 Å². The van der Waals surface area contributed by atoms with Crippen LogP contribution in [0.3, 0.4) is 0 Å². The van der Waals surface area contributed by atoms with Crippen molar-refractivity contribution in [3.05, 3.63) is 24.0 Å². The first-order chi connectivity index (χ1) is 8.84. The van der Waals surface area contributed by atoms with Crippen LogP contribution in [0.15, 0.2) is 29.0 Å². The maximum atomic E-state index is 12.5. The molecule has 1 heterocycles. The van der Waals surface area contributed by atoms with Crippen molar-refractivity contribution in [1.29, 1.82) is 0 Å². The van der Waals surface area contributed by atoms with Crippen molar-refractivity contribution in [2.45, 2.75) is 32.4 Å². The second-order valence-electron chi connectivity index (χ2n) is 5.19. The molecule has 0 bridgehead atoms. The van der Waals surface area contributed by atoms with Crippen LogP contribution in [0.2, 0.25) is 0 Å². The largest absolute Gasteiger partial charge is 0.413 e. The van der Waals surface area contributed by atoms with E-state index >= 15 is 0 Å². The Hall–Kier alpha value is -0.970. The lowest BCUT2D eigenvalue weighted by atomic mass is 9.63. The SMILES string of the molecule is C\C=C/C(Cl)=N\C(=C\C(F)(F)F)N1CC2(CCC2)C1. The van der Waals surface area contributed by atoms with Crippen molar-refractivity contribution in [2.75, 3.05) is 13.1 Å². The Bertz CT molecular complexity index is 426. The minimum absolute atomic E-state index is 0.0626. The van der Waals surface area contributed by atoms with E-state index < -0.39 is 6.18 Å². The van der Waals surface area contributed by atoms with Gasteiger partial charge in [-0.25, -0.2) is 4.99 Å². The van der Waals surface area contributed by atoms with Crippen molar-refractivity contribution in [2.24, 2.45) is 10.4 Å². The average molecular weight is 293 g/mol. The molecular weight excluding hydrogens is 277 g/mol. The van der Waals surface area contributed by atoms with Crippen molar-refractivity contribution in [3.63, 3.8) is 0 Å². The highest BCUT2D eigenvalue weighted by Crippen LogP contribution is 2.49. The van der Waals surface area contributed by atoms with E-state index in [1.165, 1.54) is 12.5 Å². The van der Waals surface area contributed by atoms with Gasteiger partial charge in [0.2, 0.25) is 0 Å². The summed E-state index contributed by atoms with van der Waals surface area (Å²) in [5.74, 6) is -0.0897. The maximum absolute atomic E-state index is 12.5. The lowest BCUT2D eigenvalue weighted by molar-refractivity contribution is -0.0864. The Morgan fingerprint density at radius 1 is 1.32 bits per heavy atom. The Morgan fingerprint density at radius 3 is 2.37 bits per heavy atom. The fraction of sp³-hybridized carbons (Fsp3) is 0.615. The predicted octanol–water partition coefficient (Wildman–Crippen LogP) is 4.09. The lowest BCUT2D eigenvalue weighted by Gasteiger charge is -2.56. The summed E-state index contributed by atoms with van der Waals surface area (Å²) in [7, 11) is 0. The van der Waals surface area contributed by atoms with Gasteiger partial charge >= 0.3 is 6.18 Å². The molecule has 0 aromatic rings. The molecule has 2 aliphatic rings. The predicted molar refractivity (Wildman–Crippen MR) is 70.1 cm³/mol. The lowest BCUT2D eigenvalue weighted by Crippen LogP contribution is -2.58. The Kier molecular flexibility index (Phi) is 3.95. The molecule has 1 spiro atoms. The van der Waals surface area contributed by atoms with Gasteiger partial charge in [-0.05, 0) is 25.8 Å². The molecule has 0 atom stereocenters. The number of rotatable bonds is 3. The first-order valence-corrected chi connectivity index (χ1v) is 6.63. The first kappa shape index (κ1) is 14.4. The molecule has 2 fully saturated rings. The number of halogens is 4. The van der Waals surface area contributed by atoms with E-state index in [-0.39, 0.29) is 22.5 Å². The first-order valence-electron chi connectivity index (χ1n) is 6.25. The van der Waals surface area contributed by atoms with Gasteiger partial charge in [-0.1, -0.05) is 24.1 Å². The van der Waals surface area contributed by atoms with Crippen LogP contribution < -0.4 is 0 Å². The Balaban J connectivity index is 2.12. The number of allylic oxidation sites excluding steroid dienone is 3. The maximum Gasteiger partial charge on any atom is 0.413 e. The standard InChI is InChI=1S/C13H16ClF3N2/c1-2-4-10(14)18-11(7-13(15,16)17)19-8-12(9-19)5-3-6-12/h2,4,7H,3,5-6,8-9H2,1H3/b4-2-,11-7-,18-10+. The monoisotopic (exact) mass is 292 g/mol. The number of likely N-dealkylation sites (tertiary alicyclic amines) is 1. The number of hydrogen-bond donors (Lipinski definition) is 0. The number of aliphatic imine (C=N–C) groups is 1. The summed E-state index contributed by atoms with van der Waals surface area (Å²) >= 11 is 5.78. The van der Waals surface area contributed by atoms with Crippen molar-refractivity contribution in [3.8, 4) is 0 Å². The van der Waals surface area contributed by atoms with E-state index in [4.69, 9.17) is 11.6 Å². The summed E-state index contributed by atoms with van der Waals surface area (Å²) in [6.07, 6.45) is 2.35. The summed E-state index contributed by atoms with van der Waals surface area (Å²) in [5.41, 5.74) is 0.243. The quantitative estimate of drug-likeness (QED) is 0.715. The van der Waals surface area contributed by atoms with Gasteiger partial charge in [0.1, 0.15) is 11.0 Å². The van der Waals surface area contributed by atoms with E-state index in [1.807, 2.05) is 0 Å². The van der Waals surface area contributed by atoms with E-state index in [0.717, 1.165) is 12.8 Å². The zero-order valence-electron chi connectivity index (χ0n) is 10.7. The Labute approximate surface area is 115 Å². The second kappa shape index (κ2) is 5.19. The molecule has 6 heteroatoms. The van der Waals surface area contributed by atoms with Crippen LogP contribution in [-0.4, -0.2) is 29.3 Å². The van der Waals surface area contributed by atoms with Crippen LogP contribution in [0.1, 0.15) is 26.2 Å². The zero-order valence-corrected chi connectivity index (χ0v) is 11.4. The third-order valence-corrected chi connectivity index (χ3v) is 3.82. The molecule has 19 heavy (non-hydrogen) atoms. The molecule has 0 unspecified atom stereocenters. The molecule has 1 aliphatic heterocycles. The summed E-state index contributed by atoms with van der Waals surface area (Å²) in [4.78, 5) is 5.51. The highest BCUT2D eigenvalue weighted by molar-refractivity contribution is 6.68. The molecule has 0 aromatic heterocycles. The average Bonchev–Trinajstić information content (AvgIpc) is 2.09. The molecule has 0 radical (unpaired) electrons. The van der Waals surface area contributed by atoms with Gasteiger partial charge in [0.05, 0.1) is 6.08 Å². The fourth-order valence-corrected chi connectivity index (χ4v) is 2.76. The van der Waals surface area contributed by atoms with Crippen LogP contribution in [-0.2, 0) is 0 Å². The number of alkyl halides is 3. The molecule has 106 valence electrons. The molecular formula is C13H16ClF3N2. The van der Waals surface area contributed by atoms with E-state index in [9.17, 15) is 13.2 Å². The van der Waals surface area contributed by atoms with Gasteiger partial charge < -0.3 is 4.90 Å². The summed E-state index contributed by atoms with van der Waals surface area (Å²) < 4.78 is 37.6. The molecule has 1 aliphatic carbocycles. The molecule has 2 rings (SSSR count). The van der Waals surface area contributed by atoms with Crippen LogP contribution in [0.25, 0.3) is 0 Å². The minimum Gasteiger partial charge on any atom is -0.355 e. The van der Waals surface area contributed by atoms with E-state index in [0.29, 0.717) is 13.1 Å². The third kappa shape index (κ3) is 3.53.